The lowest BCUT2D eigenvalue weighted by Gasteiger charge is -2.34. The molecule has 2 aliphatic rings. The fourth-order valence-corrected chi connectivity index (χ4v) is 5.30. The van der Waals surface area contributed by atoms with Crippen LogP contribution >= 0.6 is 0 Å². The average molecular weight is 405 g/mol. The summed E-state index contributed by atoms with van der Waals surface area (Å²) in [5, 5.41) is 0. The normalized spacial score (nSPS) is 22.6. The summed E-state index contributed by atoms with van der Waals surface area (Å²) in [7, 11) is -3.19. The van der Waals surface area contributed by atoms with Gasteiger partial charge in [0.2, 0.25) is 6.10 Å². The van der Waals surface area contributed by atoms with Gasteiger partial charge in [-0.2, -0.15) is 0 Å². The van der Waals surface area contributed by atoms with Crippen LogP contribution in [0.2, 0.25) is 0 Å². The third kappa shape index (κ3) is 3.96. The molecular formula is C20H20FNO5S. The van der Waals surface area contributed by atoms with E-state index in [1.54, 1.807) is 30.3 Å². The molecule has 2 aliphatic heterocycles. The van der Waals surface area contributed by atoms with Crippen molar-refractivity contribution in [2.75, 3.05) is 18.1 Å². The summed E-state index contributed by atoms with van der Waals surface area (Å²) in [5.41, 5.74) is 0.592. The Bertz CT molecular complexity index is 994. The highest BCUT2D eigenvalue weighted by Gasteiger charge is 2.39. The molecule has 1 saturated heterocycles. The standard InChI is InChI=1S/C20H20FNO5S/c21-15-5-3-4-14(10-15)11-22(16-8-9-28(24,25)13-16)20(23)19-12-26-17-6-1-2-7-18(17)27-19/h1-7,10,16,19H,8-9,11-13H2/t16-,19+/m0/s1. The van der Waals surface area contributed by atoms with Crippen molar-refractivity contribution >= 4 is 15.7 Å². The number of halogens is 1. The van der Waals surface area contributed by atoms with Gasteiger partial charge < -0.3 is 14.4 Å². The van der Waals surface area contributed by atoms with Gasteiger partial charge in [-0.25, -0.2) is 12.8 Å². The summed E-state index contributed by atoms with van der Waals surface area (Å²) < 4.78 is 49.0. The van der Waals surface area contributed by atoms with Crippen LogP contribution in [0, 0.1) is 5.82 Å². The van der Waals surface area contributed by atoms with Crippen LogP contribution in [-0.2, 0) is 21.2 Å². The van der Waals surface area contributed by atoms with E-state index in [9.17, 15) is 17.6 Å². The van der Waals surface area contributed by atoms with Crippen molar-refractivity contribution < 1.29 is 27.1 Å². The molecule has 2 aromatic carbocycles. The van der Waals surface area contributed by atoms with Crippen LogP contribution in [0.5, 0.6) is 11.5 Å². The SMILES string of the molecule is O=C([C@H]1COc2ccccc2O1)N(Cc1cccc(F)c1)[C@H]1CCS(=O)(=O)C1. The Morgan fingerprint density at radius 3 is 2.64 bits per heavy atom. The first-order valence-electron chi connectivity index (χ1n) is 9.05. The number of para-hydroxylation sites is 2. The first-order chi connectivity index (χ1) is 13.4. The van der Waals surface area contributed by atoms with Crippen LogP contribution < -0.4 is 9.47 Å². The third-order valence-corrected chi connectivity index (χ3v) is 6.71. The Kier molecular flexibility index (Phi) is 4.97. The van der Waals surface area contributed by atoms with E-state index in [4.69, 9.17) is 9.47 Å². The monoisotopic (exact) mass is 405 g/mol. The number of ether oxygens (including phenoxy) is 2. The molecule has 0 bridgehead atoms. The molecule has 2 atom stereocenters. The summed E-state index contributed by atoms with van der Waals surface area (Å²) in [5.74, 6) is 0.202. The number of hydrogen-bond acceptors (Lipinski definition) is 5. The highest BCUT2D eigenvalue weighted by Crippen LogP contribution is 2.32. The minimum absolute atomic E-state index is 0.0367. The lowest BCUT2D eigenvalue weighted by atomic mass is 10.1. The summed E-state index contributed by atoms with van der Waals surface area (Å²) >= 11 is 0. The molecular weight excluding hydrogens is 385 g/mol. The van der Waals surface area contributed by atoms with E-state index in [0.29, 0.717) is 23.5 Å². The Labute approximate surface area is 162 Å². The van der Waals surface area contributed by atoms with Crippen molar-refractivity contribution in [3.8, 4) is 11.5 Å². The topological polar surface area (TPSA) is 72.9 Å². The average Bonchev–Trinajstić information content (AvgIpc) is 3.05. The summed E-state index contributed by atoms with van der Waals surface area (Å²) in [6.45, 7) is 0.146. The van der Waals surface area contributed by atoms with Gasteiger partial charge in [0, 0.05) is 12.6 Å². The zero-order valence-electron chi connectivity index (χ0n) is 15.1. The summed E-state index contributed by atoms with van der Waals surface area (Å²) in [6.07, 6.45) is -0.528. The molecule has 0 unspecified atom stereocenters. The zero-order valence-corrected chi connectivity index (χ0v) is 15.9. The molecule has 1 amide bonds. The smallest absolute Gasteiger partial charge is 0.267 e. The van der Waals surface area contributed by atoms with Gasteiger partial charge in [0.25, 0.3) is 5.91 Å². The maximum Gasteiger partial charge on any atom is 0.267 e. The Balaban J connectivity index is 1.58. The number of hydrogen-bond donors (Lipinski definition) is 0. The number of nitrogens with zero attached hydrogens (tertiary/aromatic N) is 1. The summed E-state index contributed by atoms with van der Waals surface area (Å²) in [6, 6.07) is 12.5. The van der Waals surface area contributed by atoms with E-state index < -0.39 is 27.8 Å². The van der Waals surface area contributed by atoms with Crippen LogP contribution in [-0.4, -0.2) is 49.5 Å². The van der Waals surface area contributed by atoms with Gasteiger partial charge in [-0.3, -0.25) is 4.79 Å². The van der Waals surface area contributed by atoms with Gasteiger partial charge in [-0.1, -0.05) is 24.3 Å². The van der Waals surface area contributed by atoms with E-state index in [1.165, 1.54) is 17.0 Å². The van der Waals surface area contributed by atoms with E-state index in [-0.39, 0.29) is 30.6 Å². The molecule has 28 heavy (non-hydrogen) atoms. The first-order valence-corrected chi connectivity index (χ1v) is 10.9. The highest BCUT2D eigenvalue weighted by atomic mass is 32.2. The quantitative estimate of drug-likeness (QED) is 0.780. The lowest BCUT2D eigenvalue weighted by molar-refractivity contribution is -0.143. The molecule has 4 rings (SSSR count). The second kappa shape index (κ2) is 7.43. The number of rotatable bonds is 4. The molecule has 1 fully saturated rings. The van der Waals surface area contributed by atoms with Gasteiger partial charge in [-0.05, 0) is 36.2 Å². The number of sulfone groups is 1. The van der Waals surface area contributed by atoms with Crippen molar-refractivity contribution in [1.82, 2.24) is 4.90 Å². The Hall–Kier alpha value is -2.61. The maximum atomic E-state index is 13.6. The second-order valence-corrected chi connectivity index (χ2v) is 9.25. The third-order valence-electron chi connectivity index (χ3n) is 4.96. The fraction of sp³-hybridized carbons (Fsp3) is 0.350. The first kappa shape index (κ1) is 18.7. The van der Waals surface area contributed by atoms with Crippen molar-refractivity contribution in [2.24, 2.45) is 0 Å². The molecule has 0 N–H and O–H groups in total. The van der Waals surface area contributed by atoms with E-state index in [1.807, 2.05) is 6.07 Å². The number of fused-ring (bicyclic) bond motifs is 1. The van der Waals surface area contributed by atoms with Crippen molar-refractivity contribution in [3.63, 3.8) is 0 Å². The molecule has 6 nitrogen and oxygen atoms in total. The minimum Gasteiger partial charge on any atom is -0.485 e. The van der Waals surface area contributed by atoms with E-state index in [2.05, 4.69) is 0 Å². The number of benzene rings is 2. The molecule has 0 saturated carbocycles. The van der Waals surface area contributed by atoms with E-state index >= 15 is 0 Å². The maximum absolute atomic E-state index is 13.6. The lowest BCUT2D eigenvalue weighted by Crippen LogP contribution is -2.50. The molecule has 148 valence electrons. The highest BCUT2D eigenvalue weighted by molar-refractivity contribution is 7.91. The molecule has 2 aromatic rings. The predicted molar refractivity (Wildman–Crippen MR) is 100 cm³/mol. The number of carbonyl (C=O) groups excluding carboxylic acids is 1. The van der Waals surface area contributed by atoms with E-state index in [0.717, 1.165) is 0 Å². The zero-order chi connectivity index (χ0) is 19.7. The van der Waals surface area contributed by atoms with Crippen LogP contribution in [0.3, 0.4) is 0 Å². The van der Waals surface area contributed by atoms with Gasteiger partial charge in [-0.15, -0.1) is 0 Å². The summed E-state index contributed by atoms with van der Waals surface area (Å²) in [4.78, 5) is 14.7. The van der Waals surface area contributed by atoms with Crippen LogP contribution in [0.1, 0.15) is 12.0 Å². The molecule has 0 spiro atoms. The Morgan fingerprint density at radius 2 is 1.93 bits per heavy atom. The molecule has 0 radical (unpaired) electrons. The van der Waals surface area contributed by atoms with Crippen LogP contribution in [0.15, 0.2) is 48.5 Å². The van der Waals surface area contributed by atoms with Gasteiger partial charge in [0.05, 0.1) is 11.5 Å². The van der Waals surface area contributed by atoms with Crippen molar-refractivity contribution in [3.05, 3.63) is 59.9 Å². The largest absolute Gasteiger partial charge is 0.485 e. The second-order valence-electron chi connectivity index (χ2n) is 7.02. The minimum atomic E-state index is -3.19. The van der Waals surface area contributed by atoms with Crippen molar-refractivity contribution in [2.45, 2.75) is 25.1 Å². The number of amides is 1. The van der Waals surface area contributed by atoms with Crippen LogP contribution in [0.4, 0.5) is 4.39 Å². The van der Waals surface area contributed by atoms with Crippen LogP contribution in [0.25, 0.3) is 0 Å². The Morgan fingerprint density at radius 1 is 1.14 bits per heavy atom. The number of carbonyl (C=O) groups is 1. The van der Waals surface area contributed by atoms with Gasteiger partial charge in [0.15, 0.2) is 21.3 Å². The van der Waals surface area contributed by atoms with Gasteiger partial charge in [0.1, 0.15) is 12.4 Å². The van der Waals surface area contributed by atoms with Gasteiger partial charge >= 0.3 is 0 Å². The molecule has 0 aromatic heterocycles. The predicted octanol–water partition coefficient (Wildman–Crippen LogP) is 2.18. The fourth-order valence-electron chi connectivity index (χ4n) is 3.57. The molecule has 2 heterocycles. The van der Waals surface area contributed by atoms with Crippen molar-refractivity contribution in [1.29, 1.82) is 0 Å². The molecule has 0 aliphatic carbocycles. The molecule has 8 heteroatoms.